The third-order valence-electron chi connectivity index (χ3n) is 12.1. The third-order valence-corrected chi connectivity index (χ3v) is 12.1. The van der Waals surface area contributed by atoms with Gasteiger partial charge < -0.3 is 14.9 Å². The minimum absolute atomic E-state index is 0.0398. The van der Waals surface area contributed by atoms with Crippen molar-refractivity contribution >= 4 is 5.97 Å². The topological polar surface area (TPSA) is 66.8 Å². The van der Waals surface area contributed by atoms with Crippen LogP contribution in [0.2, 0.25) is 0 Å². The van der Waals surface area contributed by atoms with Crippen molar-refractivity contribution in [2.75, 3.05) is 7.11 Å². The third kappa shape index (κ3) is 4.13. The number of aliphatic hydroxyl groups excluding tert-OH is 1. The van der Waals surface area contributed by atoms with Crippen molar-refractivity contribution in [1.29, 1.82) is 0 Å². The van der Waals surface area contributed by atoms with E-state index in [9.17, 15) is 15.0 Å². The maximum absolute atomic E-state index is 13.1. The summed E-state index contributed by atoms with van der Waals surface area (Å²) in [4.78, 5) is 13.1. The average Bonchev–Trinajstić information content (AvgIpc) is 3.04. The molecule has 2 saturated carbocycles. The van der Waals surface area contributed by atoms with Gasteiger partial charge in [-0.05, 0) is 118 Å². The van der Waals surface area contributed by atoms with Crippen LogP contribution in [0.5, 0.6) is 0 Å². The van der Waals surface area contributed by atoms with E-state index in [1.54, 1.807) is 11.1 Å². The quantitative estimate of drug-likeness (QED) is 0.318. The lowest BCUT2D eigenvalue weighted by Gasteiger charge is -2.62. The molecule has 4 nitrogen and oxygen atoms in total. The van der Waals surface area contributed by atoms with Crippen LogP contribution in [0, 0.1) is 39.4 Å². The lowest BCUT2D eigenvalue weighted by molar-refractivity contribution is -0.150. The molecule has 0 amide bonds. The number of carbonyl (C=O) groups excluding carboxylic acids is 1. The smallest absolute Gasteiger partial charge is 0.308 e. The fourth-order valence-corrected chi connectivity index (χ4v) is 9.75. The molecule has 0 aliphatic heterocycles. The minimum atomic E-state index is -0.700. The molecule has 2 fully saturated rings. The van der Waals surface area contributed by atoms with Gasteiger partial charge in [-0.15, -0.1) is 0 Å². The Bertz CT molecular complexity index is 866. The molecule has 0 radical (unpaired) electrons. The molecule has 0 unspecified atom stereocenters. The van der Waals surface area contributed by atoms with Crippen LogP contribution in [-0.4, -0.2) is 35.0 Å². The van der Waals surface area contributed by atoms with Crippen LogP contribution in [0.15, 0.2) is 11.1 Å². The number of esters is 1. The molecule has 200 valence electrons. The van der Waals surface area contributed by atoms with E-state index in [2.05, 4.69) is 34.6 Å². The molecule has 0 aromatic heterocycles. The molecular formula is C31H52O4. The highest BCUT2D eigenvalue weighted by atomic mass is 16.5. The van der Waals surface area contributed by atoms with Crippen molar-refractivity contribution in [3.8, 4) is 0 Å². The summed E-state index contributed by atoms with van der Waals surface area (Å²) in [6.45, 7) is 15.8. The Hall–Kier alpha value is -0.870. The zero-order chi connectivity index (χ0) is 26.0. The normalized spacial score (nSPS) is 41.6. The second-order valence-corrected chi connectivity index (χ2v) is 14.6. The van der Waals surface area contributed by atoms with Crippen LogP contribution >= 0.6 is 0 Å². The Labute approximate surface area is 214 Å². The molecule has 4 rings (SSSR count). The standard InChI is InChI=1S/C31H52O4/c1-27(2,34)16-9-10-20(26(33)35-8)21-13-18-31(7)23-11-12-24-28(3,4)25(32)15-17-29(24,5)22(23)14-19-30(21,31)6/h20-21,24-25,32,34H,9-19H2,1-8H3/t20-,21-,24-,25+,29+,30-,31+/m0/s1. The van der Waals surface area contributed by atoms with Crippen LogP contribution in [0.1, 0.15) is 119 Å². The lowest BCUT2D eigenvalue weighted by Crippen LogP contribution is -2.55. The first kappa shape index (κ1) is 27.2. The largest absolute Gasteiger partial charge is 0.469 e. The van der Waals surface area contributed by atoms with Gasteiger partial charge in [0.05, 0.1) is 24.7 Å². The van der Waals surface area contributed by atoms with Crippen LogP contribution < -0.4 is 0 Å². The number of allylic oxidation sites excluding steroid dienone is 2. The van der Waals surface area contributed by atoms with E-state index < -0.39 is 5.60 Å². The molecule has 4 heteroatoms. The Morgan fingerprint density at radius 2 is 1.71 bits per heavy atom. The number of hydrogen-bond donors (Lipinski definition) is 2. The highest BCUT2D eigenvalue weighted by molar-refractivity contribution is 5.73. The number of fused-ring (bicyclic) bond motifs is 4. The molecule has 0 aromatic rings. The van der Waals surface area contributed by atoms with Crippen LogP contribution in [-0.2, 0) is 9.53 Å². The zero-order valence-corrected chi connectivity index (χ0v) is 23.8. The highest BCUT2D eigenvalue weighted by Gasteiger charge is 2.64. The number of rotatable bonds is 6. The van der Waals surface area contributed by atoms with E-state index in [0.29, 0.717) is 18.3 Å². The molecule has 4 aliphatic rings. The van der Waals surface area contributed by atoms with Gasteiger partial charge in [0.25, 0.3) is 0 Å². The van der Waals surface area contributed by atoms with Gasteiger partial charge in [0, 0.05) is 0 Å². The van der Waals surface area contributed by atoms with Gasteiger partial charge >= 0.3 is 5.97 Å². The molecule has 0 heterocycles. The fourth-order valence-electron chi connectivity index (χ4n) is 9.75. The zero-order valence-electron chi connectivity index (χ0n) is 23.8. The van der Waals surface area contributed by atoms with Crippen LogP contribution in [0.3, 0.4) is 0 Å². The van der Waals surface area contributed by atoms with E-state index in [0.717, 1.165) is 57.8 Å². The van der Waals surface area contributed by atoms with Crippen molar-refractivity contribution in [3.63, 3.8) is 0 Å². The summed E-state index contributed by atoms with van der Waals surface area (Å²) in [6, 6.07) is 0. The van der Waals surface area contributed by atoms with Crippen molar-refractivity contribution in [3.05, 3.63) is 11.1 Å². The summed E-state index contributed by atoms with van der Waals surface area (Å²) >= 11 is 0. The minimum Gasteiger partial charge on any atom is -0.469 e. The SMILES string of the molecule is COC(=O)[C@@H](CCCC(C)(C)O)[C@@H]1CC[C@]2(C)C3=C(CC[C@@]12C)[C@@]1(C)CC[C@@H](O)C(C)(C)[C@@H]1CC3. The van der Waals surface area contributed by atoms with Gasteiger partial charge in [-0.3, -0.25) is 4.79 Å². The molecule has 4 aliphatic carbocycles. The number of aliphatic hydroxyl groups is 2. The number of hydrogen-bond acceptors (Lipinski definition) is 4. The molecule has 7 atom stereocenters. The molecule has 0 bridgehead atoms. The van der Waals surface area contributed by atoms with E-state index in [4.69, 9.17) is 4.74 Å². The molecular weight excluding hydrogens is 436 g/mol. The van der Waals surface area contributed by atoms with Crippen LogP contribution in [0.4, 0.5) is 0 Å². The van der Waals surface area contributed by atoms with Gasteiger partial charge in [-0.25, -0.2) is 0 Å². The van der Waals surface area contributed by atoms with Crippen molar-refractivity contribution in [1.82, 2.24) is 0 Å². The second kappa shape index (κ2) is 8.86. The van der Waals surface area contributed by atoms with Crippen molar-refractivity contribution in [2.45, 2.75) is 131 Å². The molecule has 0 saturated heterocycles. The van der Waals surface area contributed by atoms with Crippen molar-refractivity contribution < 1.29 is 19.7 Å². The van der Waals surface area contributed by atoms with Gasteiger partial charge in [0.15, 0.2) is 0 Å². The summed E-state index contributed by atoms with van der Waals surface area (Å²) in [5.74, 6) is 0.708. The van der Waals surface area contributed by atoms with E-state index in [1.807, 2.05) is 13.8 Å². The summed E-state index contributed by atoms with van der Waals surface area (Å²) in [5, 5.41) is 21.1. The van der Waals surface area contributed by atoms with Gasteiger partial charge in [-0.2, -0.15) is 0 Å². The first-order valence-corrected chi connectivity index (χ1v) is 14.3. The predicted octanol–water partition coefficient (Wildman–Crippen LogP) is 6.83. The summed E-state index contributed by atoms with van der Waals surface area (Å²) < 4.78 is 5.35. The number of ether oxygens (including phenoxy) is 1. The average molecular weight is 489 g/mol. The highest BCUT2D eigenvalue weighted by Crippen LogP contribution is 2.72. The van der Waals surface area contributed by atoms with Crippen molar-refractivity contribution in [2.24, 2.45) is 39.4 Å². The fraction of sp³-hybridized carbons (Fsp3) is 0.903. The summed E-state index contributed by atoms with van der Waals surface area (Å²) in [6.07, 6.45) is 11.0. The lowest BCUT2D eigenvalue weighted by atomic mass is 9.43. The molecule has 35 heavy (non-hydrogen) atoms. The summed E-state index contributed by atoms with van der Waals surface area (Å²) in [7, 11) is 1.53. The predicted molar refractivity (Wildman–Crippen MR) is 141 cm³/mol. The maximum atomic E-state index is 13.1. The Morgan fingerprint density at radius 3 is 2.34 bits per heavy atom. The summed E-state index contributed by atoms with van der Waals surface area (Å²) in [5.41, 5.74) is 3.09. The first-order valence-electron chi connectivity index (χ1n) is 14.3. The molecule has 0 spiro atoms. The van der Waals surface area contributed by atoms with E-state index in [-0.39, 0.29) is 39.7 Å². The second-order valence-electron chi connectivity index (χ2n) is 14.6. The van der Waals surface area contributed by atoms with E-state index >= 15 is 0 Å². The Balaban J connectivity index is 1.66. The molecule has 2 N–H and O–H groups in total. The number of carbonyl (C=O) groups is 1. The number of methoxy groups -OCH3 is 1. The van der Waals surface area contributed by atoms with Gasteiger partial charge in [0.1, 0.15) is 0 Å². The Morgan fingerprint density at radius 1 is 1.03 bits per heavy atom. The molecule has 0 aromatic carbocycles. The van der Waals surface area contributed by atoms with Crippen LogP contribution in [0.25, 0.3) is 0 Å². The Kier molecular flexibility index (Phi) is 6.88. The van der Waals surface area contributed by atoms with E-state index in [1.165, 1.54) is 13.5 Å². The monoisotopic (exact) mass is 488 g/mol. The maximum Gasteiger partial charge on any atom is 0.308 e. The van der Waals surface area contributed by atoms with Gasteiger partial charge in [0.2, 0.25) is 0 Å². The van der Waals surface area contributed by atoms with Gasteiger partial charge in [-0.1, -0.05) is 45.8 Å². The first-order chi connectivity index (χ1) is 16.1.